The molecule has 0 bridgehead atoms. The van der Waals surface area contributed by atoms with Crippen LogP contribution in [-0.4, -0.2) is 19.8 Å². The lowest BCUT2D eigenvalue weighted by Crippen LogP contribution is -2.15. The van der Waals surface area contributed by atoms with Gasteiger partial charge in [0.2, 0.25) is 0 Å². The van der Waals surface area contributed by atoms with Gasteiger partial charge in [-0.2, -0.15) is 0 Å². The zero-order valence-corrected chi connectivity index (χ0v) is 12.8. The van der Waals surface area contributed by atoms with Gasteiger partial charge in [-0.05, 0) is 19.1 Å². The first-order chi connectivity index (χ1) is 9.38. The molecule has 1 aromatic heterocycles. The van der Waals surface area contributed by atoms with E-state index in [0.29, 0.717) is 29.4 Å². The molecule has 0 atom stereocenters. The number of rotatable bonds is 5. The number of aryl methyl sites for hydroxylation is 1. The number of hydrogen-bond donors (Lipinski definition) is 1. The van der Waals surface area contributed by atoms with E-state index in [-0.39, 0.29) is 4.90 Å². The van der Waals surface area contributed by atoms with E-state index in [1.54, 1.807) is 18.2 Å². The Labute approximate surface area is 122 Å². The van der Waals surface area contributed by atoms with Crippen molar-refractivity contribution < 1.29 is 12.9 Å². The molecule has 1 aromatic carbocycles. The first kappa shape index (κ1) is 15.0. The number of sulfone groups is 1. The zero-order valence-electron chi connectivity index (χ0n) is 11.2. The highest BCUT2D eigenvalue weighted by Crippen LogP contribution is 2.23. The molecule has 7 heteroatoms. The van der Waals surface area contributed by atoms with Crippen LogP contribution in [0.25, 0.3) is 0 Å². The maximum absolute atomic E-state index is 11.7. The Morgan fingerprint density at radius 2 is 2.10 bits per heavy atom. The van der Waals surface area contributed by atoms with Gasteiger partial charge in [0, 0.05) is 29.5 Å². The Bertz CT molecular complexity index is 710. The van der Waals surface area contributed by atoms with Gasteiger partial charge in [-0.15, -0.1) is 0 Å². The molecular formula is C13H15ClN2O3S. The van der Waals surface area contributed by atoms with Crippen molar-refractivity contribution in [3.8, 4) is 0 Å². The molecule has 0 radical (unpaired) electrons. The molecule has 0 aliphatic carbocycles. The summed E-state index contributed by atoms with van der Waals surface area (Å²) in [5, 5.41) is 7.31. The molecule has 0 fully saturated rings. The molecule has 108 valence electrons. The summed E-state index contributed by atoms with van der Waals surface area (Å²) < 4.78 is 28.5. The summed E-state index contributed by atoms with van der Waals surface area (Å²) in [6, 6.07) is 6.67. The second kappa shape index (κ2) is 5.95. The molecule has 0 aliphatic rings. The maximum Gasteiger partial charge on any atom is 0.175 e. The van der Waals surface area contributed by atoms with Crippen molar-refractivity contribution in [2.24, 2.45) is 0 Å². The minimum absolute atomic E-state index is 0.242. The summed E-state index contributed by atoms with van der Waals surface area (Å²) in [5.41, 5.74) is 1.37. The van der Waals surface area contributed by atoms with Crippen LogP contribution in [0.2, 0.25) is 5.02 Å². The predicted molar refractivity (Wildman–Crippen MR) is 76.3 cm³/mol. The molecule has 0 spiro atoms. The van der Waals surface area contributed by atoms with Crippen molar-refractivity contribution in [1.29, 1.82) is 0 Å². The highest BCUT2D eigenvalue weighted by Gasteiger charge is 2.15. The molecule has 0 unspecified atom stereocenters. The molecular weight excluding hydrogens is 300 g/mol. The second-order valence-corrected chi connectivity index (χ2v) is 6.92. The molecule has 2 aromatic rings. The van der Waals surface area contributed by atoms with Crippen LogP contribution in [0, 0.1) is 6.92 Å². The minimum Gasteiger partial charge on any atom is -0.360 e. The van der Waals surface area contributed by atoms with Crippen molar-refractivity contribution in [2.45, 2.75) is 24.9 Å². The molecule has 20 heavy (non-hydrogen) atoms. The van der Waals surface area contributed by atoms with E-state index in [1.165, 1.54) is 6.26 Å². The Balaban J connectivity index is 2.13. The Kier molecular flexibility index (Phi) is 4.47. The summed E-state index contributed by atoms with van der Waals surface area (Å²) in [6.07, 6.45) is 1.17. The fourth-order valence-electron chi connectivity index (χ4n) is 1.87. The van der Waals surface area contributed by atoms with Crippen LogP contribution < -0.4 is 5.32 Å². The quantitative estimate of drug-likeness (QED) is 0.917. The van der Waals surface area contributed by atoms with Gasteiger partial charge < -0.3 is 9.84 Å². The van der Waals surface area contributed by atoms with Crippen LogP contribution >= 0.6 is 11.6 Å². The number of aromatic nitrogens is 1. The van der Waals surface area contributed by atoms with Crippen molar-refractivity contribution in [3.63, 3.8) is 0 Å². The van der Waals surface area contributed by atoms with Gasteiger partial charge in [0.1, 0.15) is 0 Å². The summed E-state index contributed by atoms with van der Waals surface area (Å²) >= 11 is 6.08. The lowest BCUT2D eigenvalue weighted by atomic mass is 10.2. The van der Waals surface area contributed by atoms with E-state index in [9.17, 15) is 8.42 Å². The standard InChI is InChI=1S/C13H15ClN2O3S/c1-9-6-10(19-16-9)7-15-8-11-12(14)4-3-5-13(11)20(2,17)18/h3-6,15H,7-8H2,1-2H3. The van der Waals surface area contributed by atoms with E-state index < -0.39 is 9.84 Å². The fourth-order valence-corrected chi connectivity index (χ4v) is 3.12. The van der Waals surface area contributed by atoms with E-state index in [4.69, 9.17) is 16.1 Å². The average Bonchev–Trinajstić information content (AvgIpc) is 2.76. The smallest absolute Gasteiger partial charge is 0.175 e. The summed E-state index contributed by atoms with van der Waals surface area (Å²) in [5.74, 6) is 0.690. The topological polar surface area (TPSA) is 72.2 Å². The van der Waals surface area contributed by atoms with Gasteiger partial charge in [0.05, 0.1) is 17.1 Å². The third-order valence-electron chi connectivity index (χ3n) is 2.75. The molecule has 2 rings (SSSR count). The summed E-state index contributed by atoms with van der Waals surface area (Å²) in [6.45, 7) is 2.62. The first-order valence-electron chi connectivity index (χ1n) is 5.98. The lowest BCUT2D eigenvalue weighted by molar-refractivity contribution is 0.369. The molecule has 5 nitrogen and oxygen atoms in total. The number of halogens is 1. The lowest BCUT2D eigenvalue weighted by Gasteiger charge is -2.10. The van der Waals surface area contributed by atoms with E-state index in [1.807, 2.05) is 13.0 Å². The number of hydrogen-bond acceptors (Lipinski definition) is 5. The van der Waals surface area contributed by atoms with Crippen LogP contribution in [0.4, 0.5) is 0 Å². The van der Waals surface area contributed by atoms with Gasteiger partial charge in [-0.25, -0.2) is 8.42 Å². The number of benzene rings is 1. The van der Waals surface area contributed by atoms with Gasteiger partial charge >= 0.3 is 0 Å². The number of nitrogens with one attached hydrogen (secondary N) is 1. The first-order valence-corrected chi connectivity index (χ1v) is 8.25. The third kappa shape index (κ3) is 3.59. The van der Waals surface area contributed by atoms with E-state index >= 15 is 0 Å². The van der Waals surface area contributed by atoms with Crippen molar-refractivity contribution in [1.82, 2.24) is 10.5 Å². The molecule has 1 heterocycles. The summed E-state index contributed by atoms with van der Waals surface area (Å²) in [4.78, 5) is 0.242. The Morgan fingerprint density at radius 3 is 2.70 bits per heavy atom. The predicted octanol–water partition coefficient (Wildman–Crippen LogP) is 2.33. The van der Waals surface area contributed by atoms with Crippen molar-refractivity contribution >= 4 is 21.4 Å². The van der Waals surface area contributed by atoms with Crippen molar-refractivity contribution in [2.75, 3.05) is 6.26 Å². The van der Waals surface area contributed by atoms with Crippen LogP contribution in [-0.2, 0) is 22.9 Å². The monoisotopic (exact) mass is 314 g/mol. The molecule has 1 N–H and O–H groups in total. The van der Waals surface area contributed by atoms with Gasteiger partial charge in [0.15, 0.2) is 15.6 Å². The van der Waals surface area contributed by atoms with Crippen LogP contribution in [0.3, 0.4) is 0 Å². The highest BCUT2D eigenvalue weighted by molar-refractivity contribution is 7.90. The van der Waals surface area contributed by atoms with Gasteiger partial charge in [0.25, 0.3) is 0 Å². The maximum atomic E-state index is 11.7. The molecule has 0 saturated carbocycles. The van der Waals surface area contributed by atoms with E-state index in [2.05, 4.69) is 10.5 Å². The minimum atomic E-state index is -3.31. The molecule has 0 saturated heterocycles. The normalized spacial score (nSPS) is 11.8. The van der Waals surface area contributed by atoms with Crippen molar-refractivity contribution in [3.05, 3.63) is 46.3 Å². The third-order valence-corrected chi connectivity index (χ3v) is 4.29. The average molecular weight is 315 g/mol. The molecule has 0 aliphatic heterocycles. The van der Waals surface area contributed by atoms with Crippen LogP contribution in [0.15, 0.2) is 33.7 Å². The molecule has 0 amide bonds. The highest BCUT2D eigenvalue weighted by atomic mass is 35.5. The largest absolute Gasteiger partial charge is 0.360 e. The fraction of sp³-hybridized carbons (Fsp3) is 0.308. The Morgan fingerprint density at radius 1 is 1.35 bits per heavy atom. The van der Waals surface area contributed by atoms with Gasteiger partial charge in [-0.1, -0.05) is 22.8 Å². The Hall–Kier alpha value is -1.37. The second-order valence-electron chi connectivity index (χ2n) is 4.53. The zero-order chi connectivity index (χ0) is 14.8. The van der Waals surface area contributed by atoms with E-state index in [0.717, 1.165) is 5.69 Å². The van der Waals surface area contributed by atoms with Gasteiger partial charge in [-0.3, -0.25) is 0 Å². The number of nitrogens with zero attached hydrogens (tertiary/aromatic N) is 1. The SMILES string of the molecule is Cc1cc(CNCc2c(Cl)cccc2S(C)(=O)=O)on1. The van der Waals surface area contributed by atoms with Crippen LogP contribution in [0.5, 0.6) is 0 Å². The summed E-state index contributed by atoms with van der Waals surface area (Å²) in [7, 11) is -3.31. The van der Waals surface area contributed by atoms with Crippen LogP contribution in [0.1, 0.15) is 17.0 Å².